The van der Waals surface area contributed by atoms with Crippen molar-refractivity contribution in [1.82, 2.24) is 5.32 Å². The first kappa shape index (κ1) is 12.9. The Bertz CT molecular complexity index is 280. The summed E-state index contributed by atoms with van der Waals surface area (Å²) in [6.07, 6.45) is 6.85. The Morgan fingerprint density at radius 3 is 2.53 bits per heavy atom. The van der Waals surface area contributed by atoms with Crippen molar-refractivity contribution in [1.29, 1.82) is 0 Å². The molecular weight excluding hydrogens is 212 g/mol. The quantitative estimate of drug-likeness (QED) is 0.744. The minimum Gasteiger partial charge on any atom is -0.353 e. The molecule has 17 heavy (non-hydrogen) atoms. The smallest absolute Gasteiger partial charge is 0.227 e. The molecule has 2 rings (SSSR count). The summed E-state index contributed by atoms with van der Waals surface area (Å²) in [5.41, 5.74) is 5.56. The molecule has 1 amide bonds. The lowest BCUT2D eigenvalue weighted by atomic mass is 9.62. The molecule has 0 aromatic heterocycles. The van der Waals surface area contributed by atoms with Crippen molar-refractivity contribution in [2.75, 3.05) is 6.54 Å². The molecule has 0 heterocycles. The maximum Gasteiger partial charge on any atom is 0.227 e. The van der Waals surface area contributed by atoms with E-state index in [1.165, 1.54) is 19.3 Å². The first-order valence-electron chi connectivity index (χ1n) is 7.10. The molecule has 1 atom stereocenters. The molecule has 0 aromatic carbocycles. The molecule has 2 saturated carbocycles. The van der Waals surface area contributed by atoms with Gasteiger partial charge in [-0.3, -0.25) is 4.79 Å². The highest BCUT2D eigenvalue weighted by Crippen LogP contribution is 2.45. The van der Waals surface area contributed by atoms with Crippen LogP contribution in [0.3, 0.4) is 0 Å². The van der Waals surface area contributed by atoms with E-state index in [0.29, 0.717) is 18.5 Å². The molecular formula is C14H26N2O. The Morgan fingerprint density at radius 1 is 1.47 bits per heavy atom. The van der Waals surface area contributed by atoms with Crippen LogP contribution in [0.25, 0.3) is 0 Å². The molecule has 2 aliphatic carbocycles. The Hall–Kier alpha value is -0.570. The summed E-state index contributed by atoms with van der Waals surface area (Å²) in [6.45, 7) is 4.86. The number of hydrogen-bond donors (Lipinski definition) is 2. The van der Waals surface area contributed by atoms with E-state index in [4.69, 9.17) is 5.73 Å². The summed E-state index contributed by atoms with van der Waals surface area (Å²) in [4.78, 5) is 12.3. The number of nitrogens with two attached hydrogens (primary N) is 1. The number of rotatable bonds is 6. The fourth-order valence-electron chi connectivity index (χ4n) is 3.14. The van der Waals surface area contributed by atoms with Crippen molar-refractivity contribution >= 4 is 5.91 Å². The number of carbonyl (C=O) groups is 1. The molecule has 0 saturated heterocycles. The van der Waals surface area contributed by atoms with E-state index < -0.39 is 0 Å². The molecule has 2 fully saturated rings. The molecule has 98 valence electrons. The summed E-state index contributed by atoms with van der Waals surface area (Å²) in [7, 11) is 0. The highest BCUT2D eigenvalue weighted by atomic mass is 16.2. The van der Waals surface area contributed by atoms with Crippen LogP contribution >= 0.6 is 0 Å². The van der Waals surface area contributed by atoms with Crippen molar-refractivity contribution in [3.05, 3.63) is 0 Å². The Kier molecular flexibility index (Phi) is 3.76. The van der Waals surface area contributed by atoms with Crippen LogP contribution in [0.2, 0.25) is 0 Å². The molecule has 0 aromatic rings. The molecule has 3 heteroatoms. The predicted octanol–water partition coefficient (Wildman–Crippen LogP) is 2.06. The average molecular weight is 238 g/mol. The third-order valence-electron chi connectivity index (χ3n) is 4.49. The highest BCUT2D eigenvalue weighted by molar-refractivity contribution is 5.84. The average Bonchev–Trinajstić information content (AvgIpc) is 3.07. The van der Waals surface area contributed by atoms with Gasteiger partial charge in [-0.25, -0.2) is 0 Å². The standard InChI is InChI=1S/C14H26N2O/c1-3-12(6-11-4-5-11)16-13(17)14(9-15)7-10(2)8-14/h10-12H,3-9,15H2,1-2H3,(H,16,17). The minimum absolute atomic E-state index is 0.214. The van der Waals surface area contributed by atoms with Crippen LogP contribution in [0.4, 0.5) is 0 Å². The van der Waals surface area contributed by atoms with Crippen LogP contribution in [0.15, 0.2) is 0 Å². The van der Waals surface area contributed by atoms with Crippen LogP contribution in [0.1, 0.15) is 52.4 Å². The largest absolute Gasteiger partial charge is 0.353 e. The Morgan fingerprint density at radius 2 is 2.12 bits per heavy atom. The summed E-state index contributed by atoms with van der Waals surface area (Å²) in [5, 5.41) is 3.23. The van der Waals surface area contributed by atoms with Gasteiger partial charge in [-0.05, 0) is 37.5 Å². The van der Waals surface area contributed by atoms with Gasteiger partial charge in [0.1, 0.15) is 0 Å². The van der Waals surface area contributed by atoms with Gasteiger partial charge in [0.2, 0.25) is 5.91 Å². The van der Waals surface area contributed by atoms with Gasteiger partial charge in [0.15, 0.2) is 0 Å². The van der Waals surface area contributed by atoms with Crippen molar-refractivity contribution in [2.24, 2.45) is 23.0 Å². The van der Waals surface area contributed by atoms with Gasteiger partial charge in [-0.1, -0.05) is 26.7 Å². The summed E-state index contributed by atoms with van der Waals surface area (Å²) >= 11 is 0. The monoisotopic (exact) mass is 238 g/mol. The summed E-state index contributed by atoms with van der Waals surface area (Å²) < 4.78 is 0. The van der Waals surface area contributed by atoms with E-state index in [9.17, 15) is 4.79 Å². The number of carbonyl (C=O) groups excluding carboxylic acids is 1. The lowest BCUT2D eigenvalue weighted by molar-refractivity contribution is -0.138. The van der Waals surface area contributed by atoms with E-state index in [0.717, 1.165) is 25.2 Å². The second kappa shape index (κ2) is 4.97. The zero-order chi connectivity index (χ0) is 12.5. The van der Waals surface area contributed by atoms with Crippen molar-refractivity contribution < 1.29 is 4.79 Å². The summed E-state index contributed by atoms with van der Waals surface area (Å²) in [5.74, 6) is 1.74. The fraction of sp³-hybridized carbons (Fsp3) is 0.929. The van der Waals surface area contributed by atoms with Crippen molar-refractivity contribution in [3.8, 4) is 0 Å². The van der Waals surface area contributed by atoms with Gasteiger partial charge in [-0.15, -0.1) is 0 Å². The first-order chi connectivity index (χ1) is 8.09. The molecule has 0 spiro atoms. The highest BCUT2D eigenvalue weighted by Gasteiger charge is 2.47. The Balaban J connectivity index is 1.85. The van der Waals surface area contributed by atoms with Crippen LogP contribution in [-0.4, -0.2) is 18.5 Å². The maximum atomic E-state index is 12.3. The lowest BCUT2D eigenvalue weighted by Crippen LogP contribution is -2.55. The molecule has 3 N–H and O–H groups in total. The van der Waals surface area contributed by atoms with E-state index in [-0.39, 0.29) is 11.3 Å². The SMILES string of the molecule is CCC(CC1CC1)NC(=O)C1(CN)CC(C)C1. The third kappa shape index (κ3) is 2.82. The van der Waals surface area contributed by atoms with Crippen molar-refractivity contribution in [2.45, 2.75) is 58.4 Å². The van der Waals surface area contributed by atoms with E-state index >= 15 is 0 Å². The predicted molar refractivity (Wildman–Crippen MR) is 69.4 cm³/mol. The van der Waals surface area contributed by atoms with Gasteiger partial charge < -0.3 is 11.1 Å². The zero-order valence-electron chi connectivity index (χ0n) is 11.2. The molecule has 0 bridgehead atoms. The van der Waals surface area contributed by atoms with Crippen LogP contribution < -0.4 is 11.1 Å². The maximum absolute atomic E-state index is 12.3. The minimum atomic E-state index is -0.240. The topological polar surface area (TPSA) is 55.1 Å². The van der Waals surface area contributed by atoms with Crippen LogP contribution in [-0.2, 0) is 4.79 Å². The third-order valence-corrected chi connectivity index (χ3v) is 4.49. The van der Waals surface area contributed by atoms with Crippen molar-refractivity contribution in [3.63, 3.8) is 0 Å². The molecule has 0 radical (unpaired) electrons. The molecule has 3 nitrogen and oxygen atoms in total. The van der Waals surface area contributed by atoms with Gasteiger partial charge >= 0.3 is 0 Å². The zero-order valence-corrected chi connectivity index (χ0v) is 11.2. The fourth-order valence-corrected chi connectivity index (χ4v) is 3.14. The second-order valence-corrected chi connectivity index (χ2v) is 6.26. The van der Waals surface area contributed by atoms with E-state index in [2.05, 4.69) is 19.2 Å². The van der Waals surface area contributed by atoms with Gasteiger partial charge in [-0.2, -0.15) is 0 Å². The normalized spacial score (nSPS) is 33.9. The lowest BCUT2D eigenvalue weighted by Gasteiger charge is -2.44. The molecule has 2 aliphatic rings. The van der Waals surface area contributed by atoms with Gasteiger partial charge in [0, 0.05) is 12.6 Å². The van der Waals surface area contributed by atoms with E-state index in [1.807, 2.05) is 0 Å². The van der Waals surface area contributed by atoms with Gasteiger partial charge in [0.25, 0.3) is 0 Å². The second-order valence-electron chi connectivity index (χ2n) is 6.26. The van der Waals surface area contributed by atoms with E-state index in [1.54, 1.807) is 0 Å². The number of hydrogen-bond acceptors (Lipinski definition) is 2. The van der Waals surface area contributed by atoms with Crippen LogP contribution in [0.5, 0.6) is 0 Å². The first-order valence-corrected chi connectivity index (χ1v) is 7.10. The number of nitrogens with one attached hydrogen (secondary N) is 1. The summed E-state index contributed by atoms with van der Waals surface area (Å²) in [6, 6.07) is 0.370. The molecule has 1 unspecified atom stereocenters. The van der Waals surface area contributed by atoms with Crippen LogP contribution in [0, 0.1) is 17.3 Å². The Labute approximate surface area is 105 Å². The van der Waals surface area contributed by atoms with Gasteiger partial charge in [0.05, 0.1) is 5.41 Å². The number of amides is 1. The molecule has 0 aliphatic heterocycles.